The Morgan fingerprint density at radius 1 is 0.933 bits per heavy atom. The molecule has 5 nitrogen and oxygen atoms in total. The molecule has 1 heterocycles. The highest BCUT2D eigenvalue weighted by atomic mass is 16.8. The van der Waals surface area contributed by atoms with Crippen molar-refractivity contribution in [3.8, 4) is 0 Å². The molecule has 1 spiro atoms. The molecule has 30 heavy (non-hydrogen) atoms. The summed E-state index contributed by atoms with van der Waals surface area (Å²) >= 11 is 0. The maximum atomic E-state index is 13.1. The van der Waals surface area contributed by atoms with Crippen molar-refractivity contribution in [2.24, 2.45) is 53.3 Å². The third-order valence-corrected chi connectivity index (χ3v) is 10.3. The lowest BCUT2D eigenvalue weighted by molar-refractivity contribution is -0.295. The van der Waals surface area contributed by atoms with E-state index in [1.165, 1.54) is 32.1 Å². The second-order valence-corrected chi connectivity index (χ2v) is 11.8. The van der Waals surface area contributed by atoms with E-state index in [0.29, 0.717) is 49.1 Å². The summed E-state index contributed by atoms with van der Waals surface area (Å²) in [6.07, 6.45) is 11.0. The van der Waals surface area contributed by atoms with E-state index in [1.54, 1.807) is 0 Å². The second kappa shape index (κ2) is 6.54. The van der Waals surface area contributed by atoms with Gasteiger partial charge in [0.2, 0.25) is 0 Å². The summed E-state index contributed by atoms with van der Waals surface area (Å²) in [4.78, 5) is 25.7. The Morgan fingerprint density at radius 3 is 2.43 bits per heavy atom. The summed E-state index contributed by atoms with van der Waals surface area (Å²) in [5.41, 5.74) is 0. The topological polar surface area (TPSA) is 61.8 Å². The highest BCUT2D eigenvalue weighted by molar-refractivity contribution is 5.86. The number of Topliss-reactive ketones (excluding diaryl/α,β-unsaturated/α-hetero) is 1. The van der Waals surface area contributed by atoms with Crippen LogP contribution in [-0.2, 0) is 23.8 Å². The standard InChI is InChI=1S/C25H34O5/c26-23-15-1-2-21-16(8-15)9-17(23)10-22(21)24(27)28-11-20-12-29-25(30-20)18-4-13-3-14(6-18)7-19(25)5-13/h13-22H,1-12H2. The molecule has 0 amide bonds. The van der Waals surface area contributed by atoms with Gasteiger partial charge in [-0.05, 0) is 87.9 Å². The molecule has 1 saturated heterocycles. The van der Waals surface area contributed by atoms with E-state index in [1.807, 2.05) is 0 Å². The molecule has 7 bridgehead atoms. The van der Waals surface area contributed by atoms with Gasteiger partial charge in [-0.15, -0.1) is 0 Å². The number of ether oxygens (including phenoxy) is 3. The largest absolute Gasteiger partial charge is 0.463 e. The van der Waals surface area contributed by atoms with E-state index in [9.17, 15) is 9.59 Å². The van der Waals surface area contributed by atoms with Crippen molar-refractivity contribution in [2.75, 3.05) is 13.2 Å². The maximum absolute atomic E-state index is 13.1. The van der Waals surface area contributed by atoms with Crippen LogP contribution in [-0.4, -0.2) is 36.9 Å². The van der Waals surface area contributed by atoms with Crippen molar-refractivity contribution in [3.63, 3.8) is 0 Å². The molecule has 0 N–H and O–H groups in total. The summed E-state index contributed by atoms with van der Waals surface area (Å²) in [6, 6.07) is 0. The van der Waals surface area contributed by atoms with Crippen LogP contribution in [0.5, 0.6) is 0 Å². The number of fused-ring (bicyclic) bond motifs is 2. The fourth-order valence-electron chi connectivity index (χ4n) is 9.31. The average molecular weight is 415 g/mol. The van der Waals surface area contributed by atoms with Crippen LogP contribution in [0.4, 0.5) is 0 Å². The lowest BCUT2D eigenvalue weighted by atomic mass is 9.53. The molecule has 0 aromatic heterocycles. The number of ketones is 1. The molecule has 7 saturated carbocycles. The molecule has 1 aliphatic heterocycles. The van der Waals surface area contributed by atoms with Gasteiger partial charge in [0.05, 0.1) is 12.5 Å². The predicted molar refractivity (Wildman–Crippen MR) is 107 cm³/mol. The molecular weight excluding hydrogens is 380 g/mol. The van der Waals surface area contributed by atoms with Gasteiger partial charge < -0.3 is 14.2 Å². The molecule has 0 aromatic rings. The van der Waals surface area contributed by atoms with Crippen LogP contribution < -0.4 is 0 Å². The molecule has 5 heteroatoms. The first-order valence-corrected chi connectivity index (χ1v) is 12.6. The van der Waals surface area contributed by atoms with Crippen LogP contribution in [0.25, 0.3) is 0 Å². The predicted octanol–water partition coefficient (Wildman–Crippen LogP) is 3.74. The first kappa shape index (κ1) is 18.6. The lowest BCUT2D eigenvalue weighted by Crippen LogP contribution is -2.58. The van der Waals surface area contributed by atoms with E-state index in [-0.39, 0.29) is 29.8 Å². The Balaban J connectivity index is 1.00. The quantitative estimate of drug-likeness (QED) is 0.659. The zero-order chi connectivity index (χ0) is 20.0. The minimum absolute atomic E-state index is 0.0857. The Kier molecular flexibility index (Phi) is 4.06. The van der Waals surface area contributed by atoms with E-state index in [4.69, 9.17) is 14.2 Å². The van der Waals surface area contributed by atoms with Crippen LogP contribution in [0.3, 0.4) is 0 Å². The highest BCUT2D eigenvalue weighted by Crippen LogP contribution is 2.61. The van der Waals surface area contributed by atoms with Crippen LogP contribution in [0, 0.1) is 53.3 Å². The third-order valence-electron chi connectivity index (χ3n) is 10.3. The first-order valence-electron chi connectivity index (χ1n) is 12.6. The number of hydrogen-bond donors (Lipinski definition) is 0. The van der Waals surface area contributed by atoms with E-state index < -0.39 is 5.79 Å². The summed E-state index contributed by atoms with van der Waals surface area (Å²) in [5.74, 6) is 4.06. The Hall–Kier alpha value is -0.940. The summed E-state index contributed by atoms with van der Waals surface area (Å²) in [5, 5.41) is 0. The normalized spacial score (nSPS) is 55.4. The lowest BCUT2D eigenvalue weighted by Gasteiger charge is -2.58. The summed E-state index contributed by atoms with van der Waals surface area (Å²) in [6.45, 7) is 0.858. The van der Waals surface area contributed by atoms with Crippen molar-refractivity contribution in [3.05, 3.63) is 0 Å². The average Bonchev–Trinajstić information content (AvgIpc) is 3.18. The van der Waals surface area contributed by atoms with Gasteiger partial charge in [-0.25, -0.2) is 0 Å². The molecule has 7 aliphatic carbocycles. The second-order valence-electron chi connectivity index (χ2n) is 11.8. The van der Waals surface area contributed by atoms with Crippen molar-refractivity contribution in [1.82, 2.24) is 0 Å². The number of rotatable bonds is 3. The van der Waals surface area contributed by atoms with Crippen molar-refractivity contribution in [2.45, 2.75) is 76.1 Å². The van der Waals surface area contributed by atoms with Gasteiger partial charge in [0.25, 0.3) is 0 Å². The summed E-state index contributed by atoms with van der Waals surface area (Å²) in [7, 11) is 0. The Bertz CT molecular complexity index is 731. The third kappa shape index (κ3) is 2.60. The fraction of sp³-hybridized carbons (Fsp3) is 0.920. The number of carbonyl (C=O) groups is 2. The van der Waals surface area contributed by atoms with Crippen LogP contribution >= 0.6 is 0 Å². The Labute approximate surface area is 178 Å². The van der Waals surface area contributed by atoms with Crippen molar-refractivity contribution >= 4 is 11.8 Å². The van der Waals surface area contributed by atoms with Gasteiger partial charge in [-0.1, -0.05) is 0 Å². The smallest absolute Gasteiger partial charge is 0.309 e. The van der Waals surface area contributed by atoms with Gasteiger partial charge in [0, 0.05) is 23.7 Å². The van der Waals surface area contributed by atoms with Gasteiger partial charge in [-0.2, -0.15) is 0 Å². The molecule has 6 unspecified atom stereocenters. The fourth-order valence-corrected chi connectivity index (χ4v) is 9.31. The van der Waals surface area contributed by atoms with Gasteiger partial charge in [0.1, 0.15) is 18.5 Å². The molecule has 0 radical (unpaired) electrons. The number of esters is 1. The SMILES string of the molecule is O=C1C2CCC3C(C2)CC1CC3C(=O)OCC1COC2(O1)C1CC3CC(C1)CC2C3. The summed E-state index contributed by atoms with van der Waals surface area (Å²) < 4.78 is 18.8. The van der Waals surface area contributed by atoms with Crippen LogP contribution in [0.15, 0.2) is 0 Å². The zero-order valence-electron chi connectivity index (χ0n) is 17.8. The van der Waals surface area contributed by atoms with E-state index >= 15 is 0 Å². The van der Waals surface area contributed by atoms with Crippen molar-refractivity contribution in [1.29, 1.82) is 0 Å². The number of hydrogen-bond acceptors (Lipinski definition) is 5. The minimum atomic E-state index is -0.392. The number of carbonyl (C=O) groups excluding carboxylic acids is 2. The molecule has 0 aromatic carbocycles. The van der Waals surface area contributed by atoms with Crippen LogP contribution in [0.1, 0.15) is 64.2 Å². The van der Waals surface area contributed by atoms with Gasteiger partial charge in [-0.3, -0.25) is 9.59 Å². The molecule has 8 rings (SSSR count). The molecule has 6 atom stereocenters. The van der Waals surface area contributed by atoms with E-state index in [0.717, 1.165) is 37.5 Å². The first-order chi connectivity index (χ1) is 14.6. The minimum Gasteiger partial charge on any atom is -0.463 e. The Morgan fingerprint density at radius 2 is 1.67 bits per heavy atom. The van der Waals surface area contributed by atoms with Gasteiger partial charge >= 0.3 is 5.97 Å². The zero-order valence-corrected chi connectivity index (χ0v) is 17.8. The molecular formula is C25H34O5. The van der Waals surface area contributed by atoms with Gasteiger partial charge in [0.15, 0.2) is 5.79 Å². The van der Waals surface area contributed by atoms with Crippen molar-refractivity contribution < 1.29 is 23.8 Å². The molecule has 8 fully saturated rings. The van der Waals surface area contributed by atoms with Crippen LogP contribution in [0.2, 0.25) is 0 Å². The van der Waals surface area contributed by atoms with E-state index in [2.05, 4.69) is 0 Å². The molecule has 164 valence electrons. The highest BCUT2D eigenvalue weighted by Gasteiger charge is 2.62. The molecule has 8 aliphatic rings. The monoisotopic (exact) mass is 414 g/mol. The maximum Gasteiger partial charge on any atom is 0.309 e.